The Morgan fingerprint density at radius 3 is 2.22 bits per heavy atom. The van der Waals surface area contributed by atoms with Crippen molar-refractivity contribution in [3.8, 4) is 5.69 Å². The zero-order valence-corrected chi connectivity index (χ0v) is 13.0. The van der Waals surface area contributed by atoms with Crippen LogP contribution >= 0.6 is 0 Å². The predicted octanol–water partition coefficient (Wildman–Crippen LogP) is 4.59. The van der Waals surface area contributed by atoms with E-state index in [1.807, 2.05) is 48.5 Å². The second-order valence-electron chi connectivity index (χ2n) is 6.09. The fourth-order valence-corrected chi connectivity index (χ4v) is 3.47. The molecule has 1 aromatic heterocycles. The highest BCUT2D eigenvalue weighted by molar-refractivity contribution is 6.09. The van der Waals surface area contributed by atoms with Crippen LogP contribution < -0.4 is 0 Å². The minimum atomic E-state index is 0.123. The van der Waals surface area contributed by atoms with Crippen LogP contribution in [-0.4, -0.2) is 10.4 Å². The maximum Gasteiger partial charge on any atom is 0.210 e. The Bertz CT molecular complexity index is 831. The summed E-state index contributed by atoms with van der Waals surface area (Å²) in [4.78, 5) is 13.2. The quantitative estimate of drug-likeness (QED) is 0.649. The maximum atomic E-state index is 13.2. The van der Waals surface area contributed by atoms with E-state index < -0.39 is 0 Å². The standard InChI is InChI=1S/C21H19NO/c23-21(16-9-3-1-4-10-16)20-19-14-8-7-11-17(19)15-22(20)18-12-5-2-6-13-18/h1-6,9-10,12-13,15H,7-8,11,14H2. The minimum Gasteiger partial charge on any atom is -0.313 e. The molecule has 0 atom stereocenters. The third-order valence-corrected chi connectivity index (χ3v) is 4.61. The van der Waals surface area contributed by atoms with E-state index in [2.05, 4.69) is 22.9 Å². The van der Waals surface area contributed by atoms with Gasteiger partial charge in [0.05, 0.1) is 5.69 Å². The third kappa shape index (κ3) is 2.50. The first-order chi connectivity index (χ1) is 11.3. The molecule has 1 aliphatic carbocycles. The van der Waals surface area contributed by atoms with Gasteiger partial charge in [0.15, 0.2) is 0 Å². The largest absolute Gasteiger partial charge is 0.313 e. The van der Waals surface area contributed by atoms with Crippen molar-refractivity contribution in [1.82, 2.24) is 4.57 Å². The summed E-state index contributed by atoms with van der Waals surface area (Å²) >= 11 is 0. The Morgan fingerprint density at radius 1 is 0.826 bits per heavy atom. The number of para-hydroxylation sites is 1. The second kappa shape index (κ2) is 5.88. The van der Waals surface area contributed by atoms with Crippen LogP contribution in [0.4, 0.5) is 0 Å². The van der Waals surface area contributed by atoms with Gasteiger partial charge in [-0.1, -0.05) is 48.5 Å². The number of hydrogen-bond acceptors (Lipinski definition) is 1. The zero-order valence-electron chi connectivity index (χ0n) is 13.0. The summed E-state index contributed by atoms with van der Waals surface area (Å²) in [6.07, 6.45) is 6.62. The number of aryl methyl sites for hydroxylation is 1. The fraction of sp³-hybridized carbons (Fsp3) is 0.190. The van der Waals surface area contributed by atoms with Gasteiger partial charge in [-0.05, 0) is 48.9 Å². The van der Waals surface area contributed by atoms with Gasteiger partial charge < -0.3 is 4.57 Å². The van der Waals surface area contributed by atoms with Gasteiger partial charge >= 0.3 is 0 Å². The topological polar surface area (TPSA) is 22.0 Å². The fourth-order valence-electron chi connectivity index (χ4n) is 3.47. The molecule has 0 fully saturated rings. The molecule has 3 aromatic rings. The molecule has 23 heavy (non-hydrogen) atoms. The van der Waals surface area contributed by atoms with E-state index in [-0.39, 0.29) is 5.78 Å². The molecule has 4 rings (SSSR count). The maximum absolute atomic E-state index is 13.2. The first-order valence-corrected chi connectivity index (χ1v) is 8.23. The highest BCUT2D eigenvalue weighted by atomic mass is 16.1. The van der Waals surface area contributed by atoms with Gasteiger partial charge in [0.25, 0.3) is 0 Å². The molecule has 0 radical (unpaired) electrons. The van der Waals surface area contributed by atoms with E-state index >= 15 is 0 Å². The van der Waals surface area contributed by atoms with Crippen molar-refractivity contribution in [2.24, 2.45) is 0 Å². The molecule has 114 valence electrons. The normalized spacial score (nSPS) is 13.6. The van der Waals surface area contributed by atoms with E-state index in [4.69, 9.17) is 0 Å². The van der Waals surface area contributed by atoms with Crippen LogP contribution in [0.3, 0.4) is 0 Å². The van der Waals surface area contributed by atoms with E-state index in [0.29, 0.717) is 0 Å². The number of ketones is 1. The SMILES string of the molecule is O=C(c1ccccc1)c1c2c(cn1-c1ccccc1)CCCC2. The van der Waals surface area contributed by atoms with Gasteiger partial charge in [0.2, 0.25) is 5.78 Å². The molecule has 0 spiro atoms. The van der Waals surface area contributed by atoms with Crippen LogP contribution in [0, 0.1) is 0 Å². The van der Waals surface area contributed by atoms with Crippen LogP contribution in [0.2, 0.25) is 0 Å². The molecule has 2 heteroatoms. The molecule has 0 bridgehead atoms. The van der Waals surface area contributed by atoms with Gasteiger partial charge in [-0.3, -0.25) is 4.79 Å². The number of aromatic nitrogens is 1. The summed E-state index contributed by atoms with van der Waals surface area (Å²) in [5.41, 5.74) is 5.24. The average Bonchev–Trinajstić information content (AvgIpc) is 3.02. The first kappa shape index (κ1) is 14.0. The van der Waals surface area contributed by atoms with Crippen molar-refractivity contribution < 1.29 is 4.79 Å². The second-order valence-corrected chi connectivity index (χ2v) is 6.09. The summed E-state index contributed by atoms with van der Waals surface area (Å²) < 4.78 is 2.09. The van der Waals surface area contributed by atoms with Gasteiger partial charge in [-0.25, -0.2) is 0 Å². The summed E-state index contributed by atoms with van der Waals surface area (Å²) in [7, 11) is 0. The Kier molecular flexibility index (Phi) is 3.58. The third-order valence-electron chi connectivity index (χ3n) is 4.61. The van der Waals surface area contributed by atoms with Crippen molar-refractivity contribution in [3.05, 3.63) is 89.2 Å². The Labute approximate surface area is 136 Å². The Hall–Kier alpha value is -2.61. The molecule has 0 aliphatic heterocycles. The molecule has 2 aromatic carbocycles. The van der Waals surface area contributed by atoms with Crippen molar-refractivity contribution in [2.45, 2.75) is 25.7 Å². The van der Waals surface area contributed by atoms with Gasteiger partial charge in [-0.15, -0.1) is 0 Å². The molecule has 0 saturated heterocycles. The molecular weight excluding hydrogens is 282 g/mol. The number of nitrogens with zero attached hydrogens (tertiary/aromatic N) is 1. The van der Waals surface area contributed by atoms with Gasteiger partial charge in [0, 0.05) is 17.4 Å². The first-order valence-electron chi connectivity index (χ1n) is 8.23. The minimum absolute atomic E-state index is 0.123. The monoisotopic (exact) mass is 301 g/mol. The molecule has 0 amide bonds. The lowest BCUT2D eigenvalue weighted by Crippen LogP contribution is -2.12. The summed E-state index contributed by atoms with van der Waals surface area (Å²) in [5, 5.41) is 0. The van der Waals surface area contributed by atoms with E-state index in [0.717, 1.165) is 29.8 Å². The van der Waals surface area contributed by atoms with E-state index in [1.54, 1.807) is 0 Å². The number of hydrogen-bond donors (Lipinski definition) is 0. The molecule has 0 unspecified atom stereocenters. The smallest absolute Gasteiger partial charge is 0.210 e. The summed E-state index contributed by atoms with van der Waals surface area (Å²) in [6, 6.07) is 19.8. The number of rotatable bonds is 3. The van der Waals surface area contributed by atoms with Crippen LogP contribution in [0.25, 0.3) is 5.69 Å². The van der Waals surface area contributed by atoms with E-state index in [1.165, 1.54) is 24.0 Å². The van der Waals surface area contributed by atoms with Crippen molar-refractivity contribution in [1.29, 1.82) is 0 Å². The van der Waals surface area contributed by atoms with Crippen LogP contribution in [-0.2, 0) is 12.8 Å². The van der Waals surface area contributed by atoms with Crippen LogP contribution in [0.1, 0.15) is 40.0 Å². The molecule has 1 aliphatic rings. The lowest BCUT2D eigenvalue weighted by molar-refractivity contribution is 0.103. The molecular formula is C21H19NO. The number of benzene rings is 2. The average molecular weight is 301 g/mol. The molecule has 0 N–H and O–H groups in total. The summed E-state index contributed by atoms with van der Waals surface area (Å²) in [6.45, 7) is 0. The van der Waals surface area contributed by atoms with Gasteiger partial charge in [-0.2, -0.15) is 0 Å². The zero-order chi connectivity index (χ0) is 15.6. The number of carbonyl (C=O) groups excluding carboxylic acids is 1. The lowest BCUT2D eigenvalue weighted by Gasteiger charge is -2.13. The van der Waals surface area contributed by atoms with E-state index in [9.17, 15) is 4.79 Å². The van der Waals surface area contributed by atoms with Gasteiger partial charge in [0.1, 0.15) is 0 Å². The highest BCUT2D eigenvalue weighted by Crippen LogP contribution is 2.30. The van der Waals surface area contributed by atoms with Crippen LogP contribution in [0.15, 0.2) is 66.9 Å². The Balaban J connectivity index is 1.90. The van der Waals surface area contributed by atoms with Crippen molar-refractivity contribution in [2.75, 3.05) is 0 Å². The lowest BCUT2D eigenvalue weighted by atomic mass is 9.92. The molecule has 2 nitrogen and oxygen atoms in total. The highest BCUT2D eigenvalue weighted by Gasteiger charge is 2.24. The molecule has 0 saturated carbocycles. The summed E-state index contributed by atoms with van der Waals surface area (Å²) in [5.74, 6) is 0.123. The number of fused-ring (bicyclic) bond motifs is 1. The number of carbonyl (C=O) groups is 1. The molecule has 1 heterocycles. The Morgan fingerprint density at radius 2 is 1.48 bits per heavy atom. The van der Waals surface area contributed by atoms with Crippen molar-refractivity contribution in [3.63, 3.8) is 0 Å². The van der Waals surface area contributed by atoms with Crippen LogP contribution in [0.5, 0.6) is 0 Å². The predicted molar refractivity (Wildman–Crippen MR) is 92.3 cm³/mol. The van der Waals surface area contributed by atoms with Crippen molar-refractivity contribution >= 4 is 5.78 Å².